The van der Waals surface area contributed by atoms with Crippen LogP contribution in [0, 0.1) is 0 Å². The van der Waals surface area contributed by atoms with Crippen LogP contribution < -0.4 is 10.6 Å². The molecule has 2 N–H and O–H groups in total. The molecule has 0 atom stereocenters. The van der Waals surface area contributed by atoms with Crippen molar-refractivity contribution in [3.63, 3.8) is 0 Å². The number of nitrogens with zero attached hydrogens (tertiary/aromatic N) is 1. The molecule has 0 radical (unpaired) electrons. The minimum atomic E-state index is 0.650. The molecule has 1 heterocycles. The van der Waals surface area contributed by atoms with Gasteiger partial charge in [0.1, 0.15) is 0 Å². The van der Waals surface area contributed by atoms with E-state index >= 15 is 0 Å². The normalized spacial score (nSPS) is 16.2. The summed E-state index contributed by atoms with van der Waals surface area (Å²) in [6, 6.07) is 5.55. The molecule has 0 spiro atoms. The summed E-state index contributed by atoms with van der Waals surface area (Å²) in [5.41, 5.74) is 7.92. The average Bonchev–Trinajstić information content (AvgIpc) is 2.32. The molecule has 1 aromatic carbocycles. The third-order valence-electron chi connectivity index (χ3n) is 2.81. The molecule has 1 aromatic rings. The quantitative estimate of drug-likeness (QED) is 0.825. The minimum Gasteiger partial charge on any atom is -0.366 e. The summed E-state index contributed by atoms with van der Waals surface area (Å²) in [6.07, 6.45) is 3.17. The largest absolute Gasteiger partial charge is 0.366 e. The van der Waals surface area contributed by atoms with E-state index in [4.69, 9.17) is 28.9 Å². The van der Waals surface area contributed by atoms with Gasteiger partial charge in [0.2, 0.25) is 0 Å². The third kappa shape index (κ3) is 2.51. The maximum absolute atomic E-state index is 6.15. The fraction of sp³-hybridized carbons (Fsp3) is 0.333. The van der Waals surface area contributed by atoms with E-state index in [1.54, 1.807) is 6.07 Å². The summed E-state index contributed by atoms with van der Waals surface area (Å²) in [6.45, 7) is 2.45. The number of benzene rings is 1. The summed E-state index contributed by atoms with van der Waals surface area (Å²) >= 11 is 12.1. The monoisotopic (exact) mass is 256 g/mol. The van der Waals surface area contributed by atoms with E-state index in [-0.39, 0.29) is 0 Å². The molecule has 2 nitrogen and oxygen atoms in total. The van der Waals surface area contributed by atoms with Gasteiger partial charge in [-0.25, -0.2) is 0 Å². The van der Waals surface area contributed by atoms with E-state index in [0.717, 1.165) is 30.2 Å². The highest BCUT2D eigenvalue weighted by molar-refractivity contribution is 6.35. The SMILES string of the molecule is NCC1=CCN(c2cc(Cl)ccc2Cl)CC1. The minimum absolute atomic E-state index is 0.650. The van der Waals surface area contributed by atoms with Gasteiger partial charge in [-0.05, 0) is 24.6 Å². The van der Waals surface area contributed by atoms with Gasteiger partial charge in [0.05, 0.1) is 10.7 Å². The van der Waals surface area contributed by atoms with Crippen LogP contribution in [0.5, 0.6) is 0 Å². The maximum Gasteiger partial charge on any atom is 0.0640 e. The van der Waals surface area contributed by atoms with Crippen LogP contribution in [0.2, 0.25) is 10.0 Å². The smallest absolute Gasteiger partial charge is 0.0640 e. The first kappa shape index (κ1) is 11.8. The van der Waals surface area contributed by atoms with Crippen LogP contribution in [0.3, 0.4) is 0 Å². The Labute approximate surface area is 106 Å². The Morgan fingerprint density at radius 2 is 2.12 bits per heavy atom. The van der Waals surface area contributed by atoms with Crippen LogP contribution in [0.15, 0.2) is 29.8 Å². The van der Waals surface area contributed by atoms with E-state index in [2.05, 4.69) is 11.0 Å². The van der Waals surface area contributed by atoms with Crippen molar-refractivity contribution in [2.75, 3.05) is 24.5 Å². The predicted octanol–water partition coefficient (Wildman–Crippen LogP) is 3.09. The van der Waals surface area contributed by atoms with Crippen LogP contribution in [0.4, 0.5) is 5.69 Å². The molecule has 0 amide bonds. The molecular weight excluding hydrogens is 243 g/mol. The Balaban J connectivity index is 2.20. The Morgan fingerprint density at radius 3 is 2.75 bits per heavy atom. The van der Waals surface area contributed by atoms with Crippen molar-refractivity contribution in [2.45, 2.75) is 6.42 Å². The first-order chi connectivity index (χ1) is 7.70. The molecule has 0 saturated carbocycles. The Bertz CT molecular complexity index is 415. The van der Waals surface area contributed by atoms with Gasteiger partial charge in [0, 0.05) is 24.7 Å². The second-order valence-corrected chi connectivity index (χ2v) is 4.70. The van der Waals surface area contributed by atoms with Crippen molar-refractivity contribution < 1.29 is 0 Å². The van der Waals surface area contributed by atoms with Crippen LogP contribution >= 0.6 is 23.2 Å². The molecular formula is C12H14Cl2N2. The lowest BCUT2D eigenvalue weighted by Gasteiger charge is -2.29. The van der Waals surface area contributed by atoms with E-state index in [1.165, 1.54) is 5.57 Å². The van der Waals surface area contributed by atoms with Gasteiger partial charge < -0.3 is 10.6 Å². The highest BCUT2D eigenvalue weighted by atomic mass is 35.5. The maximum atomic E-state index is 6.15. The Hall–Kier alpha value is -0.700. The van der Waals surface area contributed by atoms with Gasteiger partial charge in [-0.3, -0.25) is 0 Å². The second kappa shape index (κ2) is 5.09. The second-order valence-electron chi connectivity index (χ2n) is 3.86. The number of hydrogen-bond donors (Lipinski definition) is 1. The number of hydrogen-bond acceptors (Lipinski definition) is 2. The van der Waals surface area contributed by atoms with E-state index in [9.17, 15) is 0 Å². The topological polar surface area (TPSA) is 29.3 Å². The van der Waals surface area contributed by atoms with Crippen molar-refractivity contribution in [2.24, 2.45) is 5.73 Å². The van der Waals surface area contributed by atoms with Crippen LogP contribution in [-0.4, -0.2) is 19.6 Å². The molecule has 0 aromatic heterocycles. The molecule has 1 aliphatic rings. The number of anilines is 1. The van der Waals surface area contributed by atoms with Gasteiger partial charge in [0.15, 0.2) is 0 Å². The fourth-order valence-corrected chi connectivity index (χ4v) is 2.25. The van der Waals surface area contributed by atoms with E-state index in [1.807, 2.05) is 12.1 Å². The summed E-state index contributed by atoms with van der Waals surface area (Å²) in [5.74, 6) is 0. The van der Waals surface area contributed by atoms with Crippen molar-refractivity contribution in [1.82, 2.24) is 0 Å². The first-order valence-corrected chi connectivity index (χ1v) is 6.04. The van der Waals surface area contributed by atoms with Gasteiger partial charge in [-0.1, -0.05) is 34.9 Å². The predicted molar refractivity (Wildman–Crippen MR) is 70.4 cm³/mol. The molecule has 0 saturated heterocycles. The summed E-state index contributed by atoms with van der Waals surface area (Å²) in [5, 5.41) is 1.46. The highest BCUT2D eigenvalue weighted by Gasteiger charge is 2.14. The van der Waals surface area contributed by atoms with Gasteiger partial charge in [0.25, 0.3) is 0 Å². The Kier molecular flexibility index (Phi) is 3.74. The van der Waals surface area contributed by atoms with E-state index < -0.39 is 0 Å². The molecule has 2 rings (SSSR count). The lowest BCUT2D eigenvalue weighted by atomic mass is 10.1. The zero-order chi connectivity index (χ0) is 11.5. The number of halogens is 2. The van der Waals surface area contributed by atoms with Crippen molar-refractivity contribution >= 4 is 28.9 Å². The first-order valence-electron chi connectivity index (χ1n) is 5.28. The lowest BCUT2D eigenvalue weighted by Crippen LogP contribution is -2.30. The summed E-state index contributed by atoms with van der Waals surface area (Å²) < 4.78 is 0. The molecule has 0 bridgehead atoms. The van der Waals surface area contributed by atoms with Gasteiger partial charge in [-0.15, -0.1) is 0 Å². The molecule has 0 fully saturated rings. The van der Waals surface area contributed by atoms with Crippen molar-refractivity contribution in [3.05, 3.63) is 39.9 Å². The molecule has 86 valence electrons. The summed E-state index contributed by atoms with van der Waals surface area (Å²) in [7, 11) is 0. The lowest BCUT2D eigenvalue weighted by molar-refractivity contribution is 0.773. The van der Waals surface area contributed by atoms with Crippen LogP contribution in [0.1, 0.15) is 6.42 Å². The molecule has 4 heteroatoms. The molecule has 16 heavy (non-hydrogen) atoms. The standard InChI is InChI=1S/C12H14Cl2N2/c13-10-1-2-11(14)12(7-10)16-5-3-9(8-15)4-6-16/h1-3,7H,4-6,8,15H2. The average molecular weight is 257 g/mol. The molecule has 0 unspecified atom stereocenters. The van der Waals surface area contributed by atoms with Gasteiger partial charge >= 0.3 is 0 Å². The van der Waals surface area contributed by atoms with Crippen molar-refractivity contribution in [1.29, 1.82) is 0 Å². The van der Waals surface area contributed by atoms with E-state index in [0.29, 0.717) is 11.6 Å². The van der Waals surface area contributed by atoms with Crippen LogP contribution in [-0.2, 0) is 0 Å². The molecule has 1 aliphatic heterocycles. The third-order valence-corrected chi connectivity index (χ3v) is 3.37. The highest BCUT2D eigenvalue weighted by Crippen LogP contribution is 2.30. The Morgan fingerprint density at radius 1 is 1.31 bits per heavy atom. The zero-order valence-corrected chi connectivity index (χ0v) is 10.4. The number of rotatable bonds is 2. The van der Waals surface area contributed by atoms with Crippen LogP contribution in [0.25, 0.3) is 0 Å². The fourth-order valence-electron chi connectivity index (χ4n) is 1.84. The van der Waals surface area contributed by atoms with Crippen molar-refractivity contribution in [3.8, 4) is 0 Å². The molecule has 0 aliphatic carbocycles. The van der Waals surface area contributed by atoms with Gasteiger partial charge in [-0.2, -0.15) is 0 Å². The zero-order valence-electron chi connectivity index (χ0n) is 8.92. The number of nitrogens with two attached hydrogens (primary N) is 1. The summed E-state index contributed by atoms with van der Waals surface area (Å²) in [4.78, 5) is 2.22.